The van der Waals surface area contributed by atoms with Crippen LogP contribution in [0.1, 0.15) is 31.2 Å². The second-order valence-electron chi connectivity index (χ2n) is 5.36. The number of hydrogen-bond acceptors (Lipinski definition) is 3. The predicted molar refractivity (Wildman–Crippen MR) is 78.3 cm³/mol. The summed E-state index contributed by atoms with van der Waals surface area (Å²) in [6.45, 7) is 0.660. The van der Waals surface area contributed by atoms with Gasteiger partial charge in [0.25, 0.3) is 0 Å². The molecular formula is C16H21NO4. The Labute approximate surface area is 124 Å². The minimum atomic E-state index is -0.843. The normalized spacial score (nSPS) is 18.3. The summed E-state index contributed by atoms with van der Waals surface area (Å²) < 4.78 is 5.09. The molecule has 2 rings (SSSR count). The highest BCUT2D eigenvalue weighted by Crippen LogP contribution is 2.21. The van der Waals surface area contributed by atoms with Gasteiger partial charge in [-0.05, 0) is 37.0 Å². The third-order valence-electron chi connectivity index (χ3n) is 3.87. The zero-order valence-corrected chi connectivity index (χ0v) is 12.2. The number of amides is 1. The number of hydrogen-bond donors (Lipinski definition) is 1. The van der Waals surface area contributed by atoms with Gasteiger partial charge < -0.3 is 14.7 Å². The molecule has 0 aliphatic carbocycles. The molecule has 1 atom stereocenters. The number of ether oxygens (including phenoxy) is 1. The smallest absolute Gasteiger partial charge is 0.305 e. The largest absolute Gasteiger partial charge is 0.497 e. The maximum atomic E-state index is 12.4. The number of carbonyl (C=O) groups excluding carboxylic acids is 1. The average Bonchev–Trinajstić information content (AvgIpc) is 2.48. The van der Waals surface area contributed by atoms with E-state index in [1.165, 1.54) is 0 Å². The summed E-state index contributed by atoms with van der Waals surface area (Å²) in [5.41, 5.74) is 0.917. The summed E-state index contributed by atoms with van der Waals surface area (Å²) >= 11 is 0. The summed E-state index contributed by atoms with van der Waals surface area (Å²) in [7, 11) is 1.60. The first-order valence-corrected chi connectivity index (χ1v) is 7.24. The number of likely N-dealkylation sites (tertiary alicyclic amines) is 1. The Balaban J connectivity index is 2.00. The lowest BCUT2D eigenvalue weighted by Gasteiger charge is -2.35. The Morgan fingerprint density at radius 1 is 1.29 bits per heavy atom. The molecule has 0 saturated carbocycles. The number of carboxylic acids is 1. The van der Waals surface area contributed by atoms with E-state index in [1.807, 2.05) is 24.3 Å². The van der Waals surface area contributed by atoms with E-state index in [0.717, 1.165) is 30.6 Å². The van der Waals surface area contributed by atoms with E-state index in [9.17, 15) is 9.59 Å². The number of piperidine rings is 1. The first-order chi connectivity index (χ1) is 10.1. The second-order valence-corrected chi connectivity index (χ2v) is 5.36. The molecule has 0 aromatic heterocycles. The van der Waals surface area contributed by atoms with Crippen LogP contribution < -0.4 is 4.74 Å². The van der Waals surface area contributed by atoms with Crippen molar-refractivity contribution in [1.29, 1.82) is 0 Å². The van der Waals surface area contributed by atoms with Crippen LogP contribution in [0.3, 0.4) is 0 Å². The summed E-state index contributed by atoms with van der Waals surface area (Å²) in [6, 6.07) is 7.22. The molecule has 1 aliphatic heterocycles. The highest BCUT2D eigenvalue weighted by molar-refractivity contribution is 5.80. The molecule has 21 heavy (non-hydrogen) atoms. The Kier molecular flexibility index (Phi) is 5.20. The van der Waals surface area contributed by atoms with Crippen molar-refractivity contribution in [2.75, 3.05) is 13.7 Å². The van der Waals surface area contributed by atoms with E-state index >= 15 is 0 Å². The van der Waals surface area contributed by atoms with Crippen LogP contribution in [0, 0.1) is 0 Å². The van der Waals surface area contributed by atoms with Crippen molar-refractivity contribution in [2.45, 2.75) is 38.1 Å². The first-order valence-electron chi connectivity index (χ1n) is 7.24. The Bertz CT molecular complexity index is 498. The number of methoxy groups -OCH3 is 1. The Morgan fingerprint density at radius 3 is 2.62 bits per heavy atom. The van der Waals surface area contributed by atoms with Gasteiger partial charge in [0.15, 0.2) is 0 Å². The maximum absolute atomic E-state index is 12.4. The van der Waals surface area contributed by atoms with Crippen molar-refractivity contribution >= 4 is 11.9 Å². The highest BCUT2D eigenvalue weighted by atomic mass is 16.5. The monoisotopic (exact) mass is 291 g/mol. The van der Waals surface area contributed by atoms with Crippen LogP contribution in [0.5, 0.6) is 5.75 Å². The molecule has 0 spiro atoms. The van der Waals surface area contributed by atoms with Gasteiger partial charge in [-0.3, -0.25) is 9.59 Å². The molecule has 1 saturated heterocycles. The molecule has 1 unspecified atom stereocenters. The molecule has 1 heterocycles. The van der Waals surface area contributed by atoms with Gasteiger partial charge >= 0.3 is 5.97 Å². The molecule has 1 N–H and O–H groups in total. The molecular weight excluding hydrogens is 270 g/mol. The lowest BCUT2D eigenvalue weighted by Crippen LogP contribution is -2.45. The molecule has 1 aliphatic rings. The zero-order chi connectivity index (χ0) is 15.2. The van der Waals surface area contributed by atoms with E-state index < -0.39 is 5.97 Å². The number of carboxylic acid groups (broad SMARTS) is 1. The number of rotatable bonds is 5. The number of nitrogens with zero attached hydrogens (tertiary/aromatic N) is 1. The molecule has 1 fully saturated rings. The van der Waals surface area contributed by atoms with Gasteiger partial charge in [0.1, 0.15) is 5.75 Å². The van der Waals surface area contributed by atoms with E-state index in [2.05, 4.69) is 0 Å². The van der Waals surface area contributed by atoms with Gasteiger partial charge in [0.2, 0.25) is 5.91 Å². The second kappa shape index (κ2) is 7.11. The van der Waals surface area contributed by atoms with Crippen molar-refractivity contribution in [1.82, 2.24) is 4.90 Å². The van der Waals surface area contributed by atoms with Crippen LogP contribution in [-0.4, -0.2) is 41.6 Å². The SMILES string of the molecule is COc1ccc(CC(=O)N2CCCCC2CC(=O)O)cc1. The fraction of sp³-hybridized carbons (Fsp3) is 0.500. The van der Waals surface area contributed by atoms with Gasteiger partial charge in [-0.15, -0.1) is 0 Å². The molecule has 0 radical (unpaired) electrons. The van der Waals surface area contributed by atoms with Crippen LogP contribution in [0.4, 0.5) is 0 Å². The summed E-state index contributed by atoms with van der Waals surface area (Å²) in [4.78, 5) is 25.1. The number of aliphatic carboxylic acids is 1. The Hall–Kier alpha value is -2.04. The predicted octanol–water partition coefficient (Wildman–Crippen LogP) is 2.09. The number of benzene rings is 1. The minimum absolute atomic E-state index is 0.00566. The fourth-order valence-corrected chi connectivity index (χ4v) is 2.76. The quantitative estimate of drug-likeness (QED) is 0.902. The lowest BCUT2D eigenvalue weighted by molar-refractivity contribution is -0.141. The van der Waals surface area contributed by atoms with E-state index in [-0.39, 0.29) is 18.4 Å². The van der Waals surface area contributed by atoms with Crippen LogP contribution in [-0.2, 0) is 16.0 Å². The molecule has 0 bridgehead atoms. The zero-order valence-electron chi connectivity index (χ0n) is 12.2. The van der Waals surface area contributed by atoms with Crippen molar-refractivity contribution in [3.63, 3.8) is 0 Å². The van der Waals surface area contributed by atoms with E-state index in [0.29, 0.717) is 13.0 Å². The van der Waals surface area contributed by atoms with E-state index in [4.69, 9.17) is 9.84 Å². The molecule has 1 aromatic rings. The van der Waals surface area contributed by atoms with E-state index in [1.54, 1.807) is 12.0 Å². The Morgan fingerprint density at radius 2 is 2.00 bits per heavy atom. The molecule has 5 heteroatoms. The van der Waals surface area contributed by atoms with Crippen molar-refractivity contribution in [3.05, 3.63) is 29.8 Å². The summed E-state index contributed by atoms with van der Waals surface area (Å²) in [6.07, 6.45) is 3.06. The summed E-state index contributed by atoms with van der Waals surface area (Å²) in [5, 5.41) is 8.96. The maximum Gasteiger partial charge on any atom is 0.305 e. The number of carbonyl (C=O) groups is 2. The summed E-state index contributed by atoms with van der Waals surface area (Å²) in [5.74, 6) is -0.0804. The van der Waals surface area contributed by atoms with Crippen molar-refractivity contribution < 1.29 is 19.4 Å². The standard InChI is InChI=1S/C16H21NO4/c1-21-14-7-5-12(6-8-14)10-15(18)17-9-3-2-4-13(17)11-16(19)20/h5-8,13H,2-4,9-11H2,1H3,(H,19,20). The highest BCUT2D eigenvalue weighted by Gasteiger charge is 2.28. The third-order valence-corrected chi connectivity index (χ3v) is 3.87. The molecule has 1 aromatic carbocycles. The third kappa shape index (κ3) is 4.21. The lowest BCUT2D eigenvalue weighted by atomic mass is 9.98. The molecule has 1 amide bonds. The average molecular weight is 291 g/mol. The van der Waals surface area contributed by atoms with Gasteiger partial charge in [0.05, 0.1) is 20.0 Å². The van der Waals surface area contributed by atoms with Crippen LogP contribution in [0.15, 0.2) is 24.3 Å². The minimum Gasteiger partial charge on any atom is -0.497 e. The van der Waals surface area contributed by atoms with Gasteiger partial charge in [-0.1, -0.05) is 12.1 Å². The molecule has 5 nitrogen and oxygen atoms in total. The van der Waals surface area contributed by atoms with Crippen LogP contribution in [0.25, 0.3) is 0 Å². The van der Waals surface area contributed by atoms with Gasteiger partial charge in [-0.25, -0.2) is 0 Å². The van der Waals surface area contributed by atoms with Crippen LogP contribution >= 0.6 is 0 Å². The first kappa shape index (κ1) is 15.4. The van der Waals surface area contributed by atoms with Gasteiger partial charge in [0, 0.05) is 12.6 Å². The fourth-order valence-electron chi connectivity index (χ4n) is 2.76. The van der Waals surface area contributed by atoms with Gasteiger partial charge in [-0.2, -0.15) is 0 Å². The molecule has 114 valence electrons. The van der Waals surface area contributed by atoms with Crippen molar-refractivity contribution in [3.8, 4) is 5.75 Å². The topological polar surface area (TPSA) is 66.8 Å². The van der Waals surface area contributed by atoms with Crippen molar-refractivity contribution in [2.24, 2.45) is 0 Å². The van der Waals surface area contributed by atoms with Crippen LogP contribution in [0.2, 0.25) is 0 Å².